The quantitative estimate of drug-likeness (QED) is 0.884. The molecule has 3 N–H and O–H groups in total. The molecule has 1 atom stereocenters. The number of carbonyl (C=O) groups excluding carboxylic acids is 1. The SMILES string of the molecule is CC(C(=O)NC1CCCCC1)n1cc(Cl)c(N)n1. The summed E-state index contributed by atoms with van der Waals surface area (Å²) in [6.07, 6.45) is 7.38. The molecule has 5 nitrogen and oxygen atoms in total. The van der Waals surface area contributed by atoms with E-state index in [4.69, 9.17) is 17.3 Å². The van der Waals surface area contributed by atoms with Crippen LogP contribution in [-0.2, 0) is 4.79 Å². The van der Waals surface area contributed by atoms with Crippen LogP contribution in [0.15, 0.2) is 6.20 Å². The van der Waals surface area contributed by atoms with Crippen LogP contribution in [0.1, 0.15) is 45.1 Å². The summed E-state index contributed by atoms with van der Waals surface area (Å²) in [6, 6.07) is -0.0844. The van der Waals surface area contributed by atoms with Gasteiger partial charge in [0.25, 0.3) is 0 Å². The van der Waals surface area contributed by atoms with Crippen LogP contribution >= 0.6 is 11.6 Å². The molecule has 1 saturated carbocycles. The molecule has 0 bridgehead atoms. The van der Waals surface area contributed by atoms with E-state index in [-0.39, 0.29) is 17.8 Å². The molecule has 1 aliphatic rings. The molecule has 1 heterocycles. The molecule has 1 aromatic heterocycles. The molecule has 6 heteroatoms. The van der Waals surface area contributed by atoms with E-state index in [0.717, 1.165) is 12.8 Å². The van der Waals surface area contributed by atoms with Crippen molar-refractivity contribution in [2.24, 2.45) is 0 Å². The maximum absolute atomic E-state index is 12.1. The summed E-state index contributed by atoms with van der Waals surface area (Å²) < 4.78 is 1.51. The lowest BCUT2D eigenvalue weighted by Gasteiger charge is -2.24. The highest BCUT2D eigenvalue weighted by Crippen LogP contribution is 2.20. The second-order valence-electron chi connectivity index (χ2n) is 4.86. The molecule has 1 unspecified atom stereocenters. The zero-order valence-corrected chi connectivity index (χ0v) is 11.3. The second-order valence-corrected chi connectivity index (χ2v) is 5.27. The Bertz CT molecular complexity index is 406. The van der Waals surface area contributed by atoms with Crippen molar-refractivity contribution in [3.05, 3.63) is 11.2 Å². The number of amides is 1. The summed E-state index contributed by atoms with van der Waals surface area (Å²) in [5, 5.41) is 7.47. The van der Waals surface area contributed by atoms with Gasteiger partial charge in [-0.2, -0.15) is 5.10 Å². The first-order valence-corrected chi connectivity index (χ1v) is 6.76. The first kappa shape index (κ1) is 13.2. The largest absolute Gasteiger partial charge is 0.381 e. The van der Waals surface area contributed by atoms with Gasteiger partial charge in [-0.25, -0.2) is 0 Å². The summed E-state index contributed by atoms with van der Waals surface area (Å²) in [6.45, 7) is 1.79. The number of nitrogens with two attached hydrogens (primary N) is 1. The molecular weight excluding hydrogens is 252 g/mol. The fourth-order valence-electron chi connectivity index (χ4n) is 2.27. The van der Waals surface area contributed by atoms with Crippen molar-refractivity contribution < 1.29 is 4.79 Å². The fraction of sp³-hybridized carbons (Fsp3) is 0.667. The lowest BCUT2D eigenvalue weighted by Crippen LogP contribution is -2.40. The van der Waals surface area contributed by atoms with Gasteiger partial charge in [-0.05, 0) is 19.8 Å². The Labute approximate surface area is 112 Å². The molecule has 0 radical (unpaired) electrons. The van der Waals surface area contributed by atoms with E-state index in [9.17, 15) is 4.79 Å². The zero-order valence-electron chi connectivity index (χ0n) is 10.5. The van der Waals surface area contributed by atoms with Gasteiger partial charge >= 0.3 is 0 Å². The molecule has 100 valence electrons. The van der Waals surface area contributed by atoms with Crippen LogP contribution in [0, 0.1) is 0 Å². The average molecular weight is 271 g/mol. The van der Waals surface area contributed by atoms with Gasteiger partial charge in [-0.15, -0.1) is 0 Å². The van der Waals surface area contributed by atoms with E-state index < -0.39 is 0 Å². The third-order valence-electron chi connectivity index (χ3n) is 3.44. The number of nitrogens with one attached hydrogen (secondary N) is 1. The molecule has 0 saturated heterocycles. The number of aromatic nitrogens is 2. The van der Waals surface area contributed by atoms with Crippen LogP contribution in [0.2, 0.25) is 5.02 Å². The van der Waals surface area contributed by atoms with Gasteiger partial charge in [-0.1, -0.05) is 30.9 Å². The minimum Gasteiger partial charge on any atom is -0.381 e. The number of hydrogen-bond acceptors (Lipinski definition) is 3. The highest BCUT2D eigenvalue weighted by atomic mass is 35.5. The van der Waals surface area contributed by atoms with Crippen molar-refractivity contribution in [2.75, 3.05) is 5.73 Å². The third-order valence-corrected chi connectivity index (χ3v) is 3.73. The van der Waals surface area contributed by atoms with Crippen LogP contribution < -0.4 is 11.1 Å². The van der Waals surface area contributed by atoms with Gasteiger partial charge in [0, 0.05) is 12.2 Å². The molecule has 0 aromatic carbocycles. The Morgan fingerprint density at radius 3 is 2.78 bits per heavy atom. The first-order valence-electron chi connectivity index (χ1n) is 6.38. The van der Waals surface area contributed by atoms with Crippen LogP contribution in [0.3, 0.4) is 0 Å². The monoisotopic (exact) mass is 270 g/mol. The van der Waals surface area contributed by atoms with E-state index in [1.807, 2.05) is 0 Å². The maximum atomic E-state index is 12.1. The maximum Gasteiger partial charge on any atom is 0.244 e. The van der Waals surface area contributed by atoms with E-state index in [0.29, 0.717) is 11.1 Å². The lowest BCUT2D eigenvalue weighted by molar-refractivity contribution is -0.125. The van der Waals surface area contributed by atoms with E-state index in [1.165, 1.54) is 23.9 Å². The topological polar surface area (TPSA) is 72.9 Å². The standard InChI is InChI=1S/C12H19ClN4O/c1-8(17-7-10(13)11(14)16-17)12(18)15-9-5-3-2-4-6-9/h7-9H,2-6H2,1H3,(H2,14,16)(H,15,18). The number of carbonyl (C=O) groups is 1. The van der Waals surface area contributed by atoms with Gasteiger partial charge in [0.2, 0.25) is 5.91 Å². The normalized spacial score (nSPS) is 18.6. The molecule has 1 fully saturated rings. The fourth-order valence-corrected chi connectivity index (χ4v) is 2.41. The smallest absolute Gasteiger partial charge is 0.244 e. The number of halogens is 1. The van der Waals surface area contributed by atoms with E-state index in [1.54, 1.807) is 13.1 Å². The molecular formula is C12H19ClN4O. The van der Waals surface area contributed by atoms with Crippen LogP contribution in [-0.4, -0.2) is 21.7 Å². The molecule has 1 aliphatic carbocycles. The van der Waals surface area contributed by atoms with Crippen molar-refractivity contribution >= 4 is 23.3 Å². The zero-order chi connectivity index (χ0) is 13.1. The predicted molar refractivity (Wildman–Crippen MR) is 71.4 cm³/mol. The van der Waals surface area contributed by atoms with E-state index in [2.05, 4.69) is 10.4 Å². The van der Waals surface area contributed by atoms with Crippen molar-refractivity contribution in [2.45, 2.75) is 51.1 Å². The molecule has 2 rings (SSSR count). The Balaban J connectivity index is 1.95. The number of hydrogen-bond donors (Lipinski definition) is 2. The van der Waals surface area contributed by atoms with E-state index >= 15 is 0 Å². The van der Waals surface area contributed by atoms with Crippen molar-refractivity contribution in [3.8, 4) is 0 Å². The Morgan fingerprint density at radius 2 is 2.22 bits per heavy atom. The Hall–Kier alpha value is -1.23. The first-order chi connectivity index (χ1) is 8.58. The summed E-state index contributed by atoms with van der Waals surface area (Å²) in [5.41, 5.74) is 5.57. The lowest BCUT2D eigenvalue weighted by atomic mass is 9.95. The molecule has 18 heavy (non-hydrogen) atoms. The summed E-state index contributed by atoms with van der Waals surface area (Å²) >= 11 is 5.83. The van der Waals surface area contributed by atoms with Crippen LogP contribution in [0.4, 0.5) is 5.82 Å². The highest BCUT2D eigenvalue weighted by Gasteiger charge is 2.21. The number of nitrogens with zero attached hydrogens (tertiary/aromatic N) is 2. The Morgan fingerprint density at radius 1 is 1.56 bits per heavy atom. The van der Waals surface area contributed by atoms with Crippen LogP contribution in [0.25, 0.3) is 0 Å². The number of anilines is 1. The van der Waals surface area contributed by atoms with Crippen molar-refractivity contribution in [1.29, 1.82) is 0 Å². The highest BCUT2D eigenvalue weighted by molar-refractivity contribution is 6.32. The Kier molecular flexibility index (Phi) is 4.11. The minimum absolute atomic E-state index is 0.0268. The summed E-state index contributed by atoms with van der Waals surface area (Å²) in [7, 11) is 0. The van der Waals surface area contributed by atoms with Gasteiger partial charge < -0.3 is 11.1 Å². The van der Waals surface area contributed by atoms with Crippen molar-refractivity contribution in [3.63, 3.8) is 0 Å². The number of rotatable bonds is 3. The molecule has 1 aromatic rings. The summed E-state index contributed by atoms with van der Waals surface area (Å²) in [5.74, 6) is 0.232. The minimum atomic E-state index is -0.387. The average Bonchev–Trinajstić information content (AvgIpc) is 2.70. The van der Waals surface area contributed by atoms with Crippen LogP contribution in [0.5, 0.6) is 0 Å². The third kappa shape index (κ3) is 2.96. The predicted octanol–water partition coefficient (Wildman–Crippen LogP) is 2.13. The number of nitrogen functional groups attached to an aromatic ring is 1. The van der Waals surface area contributed by atoms with Crippen molar-refractivity contribution in [1.82, 2.24) is 15.1 Å². The molecule has 0 spiro atoms. The van der Waals surface area contributed by atoms with Gasteiger partial charge in [0.1, 0.15) is 11.1 Å². The van der Waals surface area contributed by atoms with Gasteiger partial charge in [-0.3, -0.25) is 9.48 Å². The van der Waals surface area contributed by atoms with Gasteiger partial charge in [0.05, 0.1) is 0 Å². The molecule has 1 amide bonds. The molecule has 0 aliphatic heterocycles. The summed E-state index contributed by atoms with van der Waals surface area (Å²) in [4.78, 5) is 12.1. The van der Waals surface area contributed by atoms with Gasteiger partial charge in [0.15, 0.2) is 5.82 Å². The second kappa shape index (κ2) is 5.61.